The summed E-state index contributed by atoms with van der Waals surface area (Å²) in [6, 6.07) is 7.29. The number of aromatic nitrogens is 1. The highest BCUT2D eigenvalue weighted by Gasteiger charge is 2.33. The molecule has 8 heteroatoms. The number of anilines is 1. The first-order valence-corrected chi connectivity index (χ1v) is 10.9. The number of nitrogens with zero attached hydrogens (tertiary/aromatic N) is 2. The van der Waals surface area contributed by atoms with Crippen molar-refractivity contribution in [3.05, 3.63) is 46.8 Å². The summed E-state index contributed by atoms with van der Waals surface area (Å²) in [5, 5.41) is 0. The summed E-state index contributed by atoms with van der Waals surface area (Å²) in [6.45, 7) is 7.34. The summed E-state index contributed by atoms with van der Waals surface area (Å²) >= 11 is 0. The van der Waals surface area contributed by atoms with E-state index in [-0.39, 0.29) is 16.4 Å². The first-order valence-electron chi connectivity index (χ1n) is 9.41. The van der Waals surface area contributed by atoms with Gasteiger partial charge in [-0.3, -0.25) is 9.52 Å². The van der Waals surface area contributed by atoms with Crippen LogP contribution in [0.4, 0.5) is 5.69 Å². The fourth-order valence-electron chi connectivity index (χ4n) is 3.48. The number of nitrogens with one attached hydrogen (secondary N) is 1. The predicted octanol–water partition coefficient (Wildman–Crippen LogP) is 2.48. The molecule has 152 valence electrons. The maximum absolute atomic E-state index is 13.3. The summed E-state index contributed by atoms with van der Waals surface area (Å²) in [7, 11) is -2.16. The maximum atomic E-state index is 13.3. The number of sulfonamides is 1. The molecular weight excluding hydrogens is 378 g/mol. The van der Waals surface area contributed by atoms with Gasteiger partial charge in [-0.15, -0.1) is 0 Å². The van der Waals surface area contributed by atoms with Gasteiger partial charge < -0.3 is 14.2 Å². The lowest BCUT2D eigenvalue weighted by atomic mass is 10.1. The molecule has 7 nitrogen and oxygen atoms in total. The van der Waals surface area contributed by atoms with Crippen LogP contribution >= 0.6 is 0 Å². The molecule has 1 N–H and O–H groups in total. The van der Waals surface area contributed by atoms with E-state index >= 15 is 0 Å². The first-order chi connectivity index (χ1) is 13.3. The molecule has 0 atom stereocenters. The SMILES string of the molecule is CCc1cccc(NS(=O)(=O)c2c(C(=O)N3CCOCC3)c(C)n(C)c2C)c1. The molecule has 1 aromatic heterocycles. The van der Waals surface area contributed by atoms with Crippen LogP contribution in [0.15, 0.2) is 29.2 Å². The molecule has 0 spiro atoms. The fraction of sp³-hybridized carbons (Fsp3) is 0.450. The van der Waals surface area contributed by atoms with E-state index in [9.17, 15) is 13.2 Å². The minimum absolute atomic E-state index is 0.0471. The summed E-state index contributed by atoms with van der Waals surface area (Å²) in [6.07, 6.45) is 0.805. The summed E-state index contributed by atoms with van der Waals surface area (Å²) in [5.41, 5.74) is 2.93. The number of carbonyl (C=O) groups excluding carboxylic acids is 1. The van der Waals surface area contributed by atoms with Gasteiger partial charge in [-0.25, -0.2) is 8.42 Å². The monoisotopic (exact) mass is 405 g/mol. The second-order valence-corrected chi connectivity index (χ2v) is 8.62. The summed E-state index contributed by atoms with van der Waals surface area (Å²) in [5.74, 6) is -0.271. The second-order valence-electron chi connectivity index (χ2n) is 7.00. The van der Waals surface area contributed by atoms with Gasteiger partial charge in [0.05, 0.1) is 18.8 Å². The molecule has 0 bridgehead atoms. The molecule has 1 aromatic carbocycles. The van der Waals surface area contributed by atoms with E-state index in [2.05, 4.69) is 4.72 Å². The zero-order chi connectivity index (χ0) is 20.5. The van der Waals surface area contributed by atoms with Crippen molar-refractivity contribution in [3.63, 3.8) is 0 Å². The Kier molecular flexibility index (Phi) is 5.81. The topological polar surface area (TPSA) is 80.6 Å². The number of amides is 1. The number of carbonyl (C=O) groups is 1. The van der Waals surface area contributed by atoms with Crippen LogP contribution in [0.1, 0.15) is 34.2 Å². The third-order valence-electron chi connectivity index (χ3n) is 5.29. The van der Waals surface area contributed by atoms with Crippen molar-refractivity contribution in [2.24, 2.45) is 7.05 Å². The smallest absolute Gasteiger partial charge is 0.264 e. The molecular formula is C20H27N3O4S. The van der Waals surface area contributed by atoms with Gasteiger partial charge in [0, 0.05) is 37.2 Å². The van der Waals surface area contributed by atoms with E-state index in [0.717, 1.165) is 12.0 Å². The Morgan fingerprint density at radius 2 is 1.86 bits per heavy atom. The lowest BCUT2D eigenvalue weighted by Crippen LogP contribution is -2.41. The zero-order valence-corrected chi connectivity index (χ0v) is 17.6. The molecule has 1 saturated heterocycles. The van der Waals surface area contributed by atoms with Gasteiger partial charge in [0.1, 0.15) is 4.90 Å². The molecule has 0 radical (unpaired) electrons. The number of hydrogen-bond acceptors (Lipinski definition) is 4. The summed E-state index contributed by atoms with van der Waals surface area (Å²) < 4.78 is 36.3. The molecule has 1 fully saturated rings. The molecule has 2 heterocycles. The molecule has 0 unspecified atom stereocenters. The molecule has 28 heavy (non-hydrogen) atoms. The molecule has 2 aromatic rings. The molecule has 1 aliphatic heterocycles. The predicted molar refractivity (Wildman–Crippen MR) is 108 cm³/mol. The highest BCUT2D eigenvalue weighted by atomic mass is 32.2. The number of hydrogen-bond donors (Lipinski definition) is 1. The Morgan fingerprint density at radius 1 is 1.18 bits per heavy atom. The van der Waals surface area contributed by atoms with Crippen LogP contribution < -0.4 is 4.72 Å². The maximum Gasteiger partial charge on any atom is 0.264 e. The van der Waals surface area contributed by atoms with Gasteiger partial charge in [0.15, 0.2) is 0 Å². The Labute approximate surface area is 166 Å². The second kappa shape index (κ2) is 7.97. The molecule has 1 aliphatic rings. The van der Waals surface area contributed by atoms with Gasteiger partial charge in [0.2, 0.25) is 0 Å². The van der Waals surface area contributed by atoms with E-state index in [0.29, 0.717) is 43.4 Å². The molecule has 3 rings (SSSR count). The van der Waals surface area contributed by atoms with Crippen LogP contribution in [0.2, 0.25) is 0 Å². The highest BCUT2D eigenvalue weighted by molar-refractivity contribution is 7.92. The largest absolute Gasteiger partial charge is 0.378 e. The summed E-state index contributed by atoms with van der Waals surface area (Å²) in [4.78, 5) is 14.9. The van der Waals surface area contributed by atoms with Crippen molar-refractivity contribution in [2.45, 2.75) is 32.1 Å². The number of aryl methyl sites for hydroxylation is 1. The fourth-order valence-corrected chi connectivity index (χ4v) is 5.05. The Morgan fingerprint density at radius 3 is 2.50 bits per heavy atom. The van der Waals surface area contributed by atoms with Gasteiger partial charge in [0.25, 0.3) is 15.9 Å². The van der Waals surface area contributed by atoms with Crippen molar-refractivity contribution >= 4 is 21.6 Å². The molecule has 0 aliphatic carbocycles. The number of ether oxygens (including phenoxy) is 1. The van der Waals surface area contributed by atoms with Crippen molar-refractivity contribution in [1.29, 1.82) is 0 Å². The van der Waals surface area contributed by atoms with Crippen molar-refractivity contribution < 1.29 is 17.9 Å². The normalized spacial score (nSPS) is 14.9. The van der Waals surface area contributed by atoms with E-state index in [1.165, 1.54) is 0 Å². The lowest BCUT2D eigenvalue weighted by Gasteiger charge is -2.27. The number of rotatable bonds is 5. The van der Waals surface area contributed by atoms with E-state index < -0.39 is 10.0 Å². The third kappa shape index (κ3) is 3.79. The van der Waals surface area contributed by atoms with E-state index in [1.807, 2.05) is 25.1 Å². The minimum atomic E-state index is -3.93. The highest BCUT2D eigenvalue weighted by Crippen LogP contribution is 2.29. The van der Waals surface area contributed by atoms with Gasteiger partial charge in [-0.2, -0.15) is 0 Å². The van der Waals surface area contributed by atoms with Gasteiger partial charge in [-0.05, 0) is 38.0 Å². The van der Waals surface area contributed by atoms with E-state index in [1.54, 1.807) is 36.4 Å². The van der Waals surface area contributed by atoms with E-state index in [4.69, 9.17) is 4.74 Å². The van der Waals surface area contributed by atoms with Crippen LogP contribution in [0.3, 0.4) is 0 Å². The van der Waals surface area contributed by atoms with Crippen LogP contribution in [0, 0.1) is 13.8 Å². The molecule has 1 amide bonds. The van der Waals surface area contributed by atoms with Crippen molar-refractivity contribution in [2.75, 3.05) is 31.0 Å². The van der Waals surface area contributed by atoms with Gasteiger partial charge in [-0.1, -0.05) is 19.1 Å². The average molecular weight is 406 g/mol. The Bertz CT molecular complexity index is 989. The van der Waals surface area contributed by atoms with Crippen LogP contribution in [0.25, 0.3) is 0 Å². The number of morpholine rings is 1. The van der Waals surface area contributed by atoms with Crippen molar-refractivity contribution in [3.8, 4) is 0 Å². The standard InChI is InChI=1S/C20H27N3O4S/c1-5-16-7-6-8-17(13-16)21-28(25,26)19-15(3)22(4)14(2)18(19)20(24)23-9-11-27-12-10-23/h6-8,13,21H,5,9-12H2,1-4H3. The van der Waals surface area contributed by atoms with Crippen LogP contribution in [-0.2, 0) is 28.2 Å². The lowest BCUT2D eigenvalue weighted by molar-refractivity contribution is 0.0300. The first kappa shape index (κ1) is 20.4. The molecule has 0 saturated carbocycles. The Hall–Kier alpha value is -2.32. The average Bonchev–Trinajstić information content (AvgIpc) is 2.92. The van der Waals surface area contributed by atoms with Gasteiger partial charge >= 0.3 is 0 Å². The number of benzene rings is 1. The van der Waals surface area contributed by atoms with Crippen molar-refractivity contribution in [1.82, 2.24) is 9.47 Å². The van der Waals surface area contributed by atoms with Crippen LogP contribution in [0.5, 0.6) is 0 Å². The third-order valence-corrected chi connectivity index (χ3v) is 6.83. The zero-order valence-electron chi connectivity index (χ0n) is 16.8. The quantitative estimate of drug-likeness (QED) is 0.829. The Balaban J connectivity index is 2.04. The minimum Gasteiger partial charge on any atom is -0.378 e. The van der Waals surface area contributed by atoms with Crippen LogP contribution in [-0.4, -0.2) is 50.1 Å².